The highest BCUT2D eigenvalue weighted by molar-refractivity contribution is 7.00. The number of hydrogen-bond donors (Lipinski definition) is 0. The third-order valence-corrected chi connectivity index (χ3v) is 18.8. The lowest BCUT2D eigenvalue weighted by Gasteiger charge is -2.46. The molecular formula is C72H66BN3Si. The minimum atomic E-state index is -2.00. The standard InChI is InChI=1S/C72H66BN3Si/c1-70(2,3)49-34-37-55(38-35-49)75-65-43-36-52(71(4,5)6)44-64(65)73-63-42-40-57(74(53-28-18-12-19-29-53)54-30-20-13-21-31-54)46-66(63)76(68-48-58(77(7,8)9)47-67(75)69(68)73)56-39-41-60-59-32-22-23-33-61(59)72(62(60)45-56,50-24-14-10-15-25-50)51-26-16-11-17-27-51/h10-48H,1-9H3. The fourth-order valence-corrected chi connectivity index (χ4v) is 14.0. The molecule has 0 N–H and O–H groups in total. The lowest BCUT2D eigenvalue weighted by Crippen LogP contribution is -2.62. The van der Waals surface area contributed by atoms with E-state index in [2.05, 4.69) is 312 Å². The molecule has 0 spiro atoms. The van der Waals surface area contributed by atoms with E-state index in [4.69, 9.17) is 0 Å². The van der Waals surface area contributed by atoms with Gasteiger partial charge in [-0.25, -0.2) is 0 Å². The first-order valence-electron chi connectivity index (χ1n) is 27.5. The van der Waals surface area contributed by atoms with Crippen molar-refractivity contribution < 1.29 is 0 Å². The van der Waals surface area contributed by atoms with Crippen LogP contribution in [0, 0.1) is 0 Å². The normalized spacial score (nSPS) is 14.1. The molecule has 0 radical (unpaired) electrons. The van der Waals surface area contributed by atoms with Crippen molar-refractivity contribution in [2.75, 3.05) is 14.7 Å². The largest absolute Gasteiger partial charge is 0.311 e. The molecule has 0 amide bonds. The van der Waals surface area contributed by atoms with Gasteiger partial charge in [0.2, 0.25) is 0 Å². The van der Waals surface area contributed by atoms with E-state index in [0.29, 0.717) is 0 Å². The number of fused-ring (bicyclic) bond motifs is 7. The van der Waals surface area contributed by atoms with Gasteiger partial charge in [-0.05, 0) is 151 Å². The summed E-state index contributed by atoms with van der Waals surface area (Å²) in [5.74, 6) is 0. The van der Waals surface area contributed by atoms with Gasteiger partial charge in [0.05, 0.1) is 13.5 Å². The maximum atomic E-state index is 2.66. The lowest BCUT2D eigenvalue weighted by atomic mass is 9.33. The highest BCUT2D eigenvalue weighted by Crippen LogP contribution is 2.58. The molecule has 2 aliphatic heterocycles. The summed E-state index contributed by atoms with van der Waals surface area (Å²) in [6.45, 7) is 21.4. The van der Waals surface area contributed by atoms with Gasteiger partial charge in [0.1, 0.15) is 0 Å². The Bertz CT molecular complexity index is 3790. The molecule has 0 bridgehead atoms. The molecule has 0 saturated carbocycles. The van der Waals surface area contributed by atoms with Crippen LogP contribution in [0.2, 0.25) is 19.6 Å². The zero-order chi connectivity index (χ0) is 53.0. The van der Waals surface area contributed by atoms with Gasteiger partial charge in [-0.1, -0.05) is 224 Å². The van der Waals surface area contributed by atoms with E-state index < -0.39 is 13.5 Å². The van der Waals surface area contributed by atoms with Gasteiger partial charge in [-0.15, -0.1) is 0 Å². The molecule has 77 heavy (non-hydrogen) atoms. The van der Waals surface area contributed by atoms with Crippen molar-refractivity contribution in [3.05, 3.63) is 270 Å². The predicted octanol–water partition coefficient (Wildman–Crippen LogP) is 16.7. The van der Waals surface area contributed by atoms with E-state index in [1.54, 1.807) is 0 Å². The number of hydrogen-bond acceptors (Lipinski definition) is 3. The Morgan fingerprint density at radius 1 is 0.390 bits per heavy atom. The fourth-order valence-electron chi connectivity index (χ4n) is 12.9. The van der Waals surface area contributed by atoms with Gasteiger partial charge in [-0.3, -0.25) is 0 Å². The van der Waals surface area contributed by atoms with Crippen LogP contribution < -0.4 is 36.3 Å². The molecule has 1 aliphatic carbocycles. The quantitative estimate of drug-likeness (QED) is 0.140. The summed E-state index contributed by atoms with van der Waals surface area (Å²) in [6, 6.07) is 90.0. The Morgan fingerprint density at radius 2 is 0.896 bits per heavy atom. The smallest absolute Gasteiger partial charge is 0.252 e. The molecule has 0 atom stereocenters. The van der Waals surface area contributed by atoms with Crippen molar-refractivity contribution in [2.24, 2.45) is 0 Å². The second-order valence-corrected chi connectivity index (χ2v) is 29.7. The summed E-state index contributed by atoms with van der Waals surface area (Å²) in [5, 5.41) is 1.42. The van der Waals surface area contributed by atoms with Crippen LogP contribution in [-0.2, 0) is 16.2 Å². The molecule has 13 rings (SSSR count). The van der Waals surface area contributed by atoms with Crippen molar-refractivity contribution >= 4 is 87.5 Å². The maximum Gasteiger partial charge on any atom is 0.252 e. The van der Waals surface area contributed by atoms with Gasteiger partial charge in [0, 0.05) is 51.2 Å². The number of rotatable bonds is 8. The van der Waals surface area contributed by atoms with E-state index in [1.165, 1.54) is 94.5 Å². The Hall–Kier alpha value is -8.12. The number of benzene rings is 10. The average Bonchev–Trinajstić information content (AvgIpc) is 3.91. The molecule has 376 valence electrons. The van der Waals surface area contributed by atoms with Crippen molar-refractivity contribution in [3.63, 3.8) is 0 Å². The van der Waals surface area contributed by atoms with E-state index in [9.17, 15) is 0 Å². The number of nitrogens with zero attached hydrogens (tertiary/aromatic N) is 3. The molecule has 5 heteroatoms. The molecule has 0 unspecified atom stereocenters. The second-order valence-electron chi connectivity index (χ2n) is 24.6. The van der Waals surface area contributed by atoms with Gasteiger partial charge in [-0.2, -0.15) is 0 Å². The van der Waals surface area contributed by atoms with Gasteiger partial charge < -0.3 is 14.7 Å². The maximum absolute atomic E-state index is 2.66. The summed E-state index contributed by atoms with van der Waals surface area (Å²) in [6.07, 6.45) is 0. The molecule has 10 aromatic carbocycles. The molecule has 0 aromatic heterocycles. The topological polar surface area (TPSA) is 9.72 Å². The van der Waals surface area contributed by atoms with Crippen LogP contribution in [0.1, 0.15) is 74.9 Å². The predicted molar refractivity (Wildman–Crippen MR) is 333 cm³/mol. The second kappa shape index (κ2) is 18.0. The van der Waals surface area contributed by atoms with Crippen molar-refractivity contribution in [3.8, 4) is 11.1 Å². The van der Waals surface area contributed by atoms with E-state index in [1.807, 2.05) is 0 Å². The molecular weight excluding hydrogens is 946 g/mol. The van der Waals surface area contributed by atoms with Crippen molar-refractivity contribution in [2.45, 2.75) is 77.4 Å². The van der Waals surface area contributed by atoms with Gasteiger partial charge in [0.25, 0.3) is 6.71 Å². The van der Waals surface area contributed by atoms with Gasteiger partial charge in [0.15, 0.2) is 0 Å². The molecule has 3 nitrogen and oxygen atoms in total. The van der Waals surface area contributed by atoms with Crippen molar-refractivity contribution in [1.82, 2.24) is 0 Å². The van der Waals surface area contributed by atoms with Crippen LogP contribution in [0.4, 0.5) is 51.2 Å². The highest BCUT2D eigenvalue weighted by atomic mass is 28.3. The lowest BCUT2D eigenvalue weighted by molar-refractivity contribution is 0.590. The monoisotopic (exact) mass is 1010 g/mol. The Labute approximate surface area is 458 Å². The Morgan fingerprint density at radius 3 is 1.47 bits per heavy atom. The van der Waals surface area contributed by atoms with Crippen LogP contribution in [0.25, 0.3) is 11.1 Å². The summed E-state index contributed by atoms with van der Waals surface area (Å²) in [4.78, 5) is 7.68. The Kier molecular flexibility index (Phi) is 11.3. The highest BCUT2D eigenvalue weighted by Gasteiger charge is 2.48. The Balaban J connectivity index is 1.15. The third-order valence-electron chi connectivity index (χ3n) is 16.8. The van der Waals surface area contributed by atoms with E-state index in [-0.39, 0.29) is 17.5 Å². The minimum absolute atomic E-state index is 0.0253. The van der Waals surface area contributed by atoms with Crippen molar-refractivity contribution in [1.29, 1.82) is 0 Å². The third kappa shape index (κ3) is 7.84. The molecule has 10 aromatic rings. The molecule has 3 aliphatic rings. The number of anilines is 9. The molecule has 2 heterocycles. The zero-order valence-corrected chi connectivity index (χ0v) is 46.9. The first-order chi connectivity index (χ1) is 37.1. The first kappa shape index (κ1) is 48.5. The fraction of sp³-hybridized carbons (Fsp3) is 0.167. The van der Waals surface area contributed by atoms with E-state index >= 15 is 0 Å². The SMILES string of the molecule is CC(C)(C)c1ccc(N2c3ccc(C(C)(C)C)cc3B3c4ccc(N(c5ccccc5)c5ccccc5)cc4N(c4ccc5c(c4)C(c4ccccc4)(c4ccccc4)c4ccccc4-5)c4cc([Si](C)(C)C)cc2c43)cc1. The molecule has 0 saturated heterocycles. The zero-order valence-electron chi connectivity index (χ0n) is 45.9. The summed E-state index contributed by atoms with van der Waals surface area (Å²) < 4.78 is 0. The van der Waals surface area contributed by atoms with Crippen LogP contribution in [0.15, 0.2) is 237 Å². The first-order valence-corrected chi connectivity index (χ1v) is 31.0. The average molecular weight is 1010 g/mol. The minimum Gasteiger partial charge on any atom is -0.311 e. The van der Waals surface area contributed by atoms with Crippen LogP contribution in [-0.4, -0.2) is 14.8 Å². The van der Waals surface area contributed by atoms with Crippen LogP contribution in [0.3, 0.4) is 0 Å². The molecule has 0 fully saturated rings. The van der Waals surface area contributed by atoms with Crippen LogP contribution >= 0.6 is 0 Å². The van der Waals surface area contributed by atoms with E-state index in [0.717, 1.165) is 22.7 Å². The van der Waals surface area contributed by atoms with Crippen LogP contribution in [0.5, 0.6) is 0 Å². The summed E-state index contributed by atoms with van der Waals surface area (Å²) in [5.41, 5.74) is 24.3. The summed E-state index contributed by atoms with van der Waals surface area (Å²) in [7, 11) is -2.00. The number of para-hydroxylation sites is 2. The van der Waals surface area contributed by atoms with Gasteiger partial charge >= 0.3 is 0 Å². The summed E-state index contributed by atoms with van der Waals surface area (Å²) >= 11 is 0.